The Bertz CT molecular complexity index is 966. The highest BCUT2D eigenvalue weighted by molar-refractivity contribution is 5.93. The van der Waals surface area contributed by atoms with Crippen molar-refractivity contribution < 1.29 is 14.2 Å². The van der Waals surface area contributed by atoms with Gasteiger partial charge in [-0.3, -0.25) is 4.98 Å². The van der Waals surface area contributed by atoms with Crippen LogP contribution in [0.1, 0.15) is 5.56 Å². The van der Waals surface area contributed by atoms with Gasteiger partial charge in [-0.2, -0.15) is 5.26 Å². The average molecular weight is 333 g/mol. The third kappa shape index (κ3) is 3.00. The Kier molecular flexibility index (Phi) is 3.97. The summed E-state index contributed by atoms with van der Waals surface area (Å²) in [6.45, 7) is 1.24. The zero-order valence-corrected chi connectivity index (χ0v) is 13.4. The number of hydrogen-bond acceptors (Lipinski definition) is 6. The zero-order chi connectivity index (χ0) is 17.1. The highest BCUT2D eigenvalue weighted by atomic mass is 16.7. The summed E-state index contributed by atoms with van der Waals surface area (Å²) < 4.78 is 16.4. The van der Waals surface area contributed by atoms with Crippen LogP contribution >= 0.6 is 0 Å². The molecule has 0 unspecified atom stereocenters. The van der Waals surface area contributed by atoms with Crippen LogP contribution in [0.4, 0.5) is 5.69 Å². The summed E-state index contributed by atoms with van der Waals surface area (Å²) in [6.07, 6.45) is 1.59. The van der Waals surface area contributed by atoms with E-state index in [2.05, 4.69) is 16.4 Å². The first-order valence-electron chi connectivity index (χ1n) is 7.89. The molecule has 1 N–H and O–H groups in total. The van der Waals surface area contributed by atoms with Crippen molar-refractivity contribution in [2.24, 2.45) is 0 Å². The lowest BCUT2D eigenvalue weighted by molar-refractivity contribution is 0.174. The van der Waals surface area contributed by atoms with Crippen LogP contribution in [-0.4, -0.2) is 24.9 Å². The highest BCUT2D eigenvalue weighted by Gasteiger charge is 2.13. The molecule has 6 heteroatoms. The second-order valence-electron chi connectivity index (χ2n) is 5.47. The van der Waals surface area contributed by atoms with E-state index in [1.165, 1.54) is 0 Å². The van der Waals surface area contributed by atoms with Gasteiger partial charge >= 0.3 is 0 Å². The molecule has 0 aliphatic carbocycles. The highest BCUT2D eigenvalue weighted by Crippen LogP contribution is 2.35. The number of aromatic nitrogens is 1. The normalized spacial score (nSPS) is 12.0. The van der Waals surface area contributed by atoms with Crippen molar-refractivity contribution in [2.75, 3.05) is 25.3 Å². The molecule has 0 saturated carbocycles. The Labute approximate surface area is 144 Å². The van der Waals surface area contributed by atoms with Crippen LogP contribution in [0.3, 0.4) is 0 Å². The van der Waals surface area contributed by atoms with Crippen molar-refractivity contribution in [3.8, 4) is 23.3 Å². The molecular formula is C19H15N3O3. The zero-order valence-electron chi connectivity index (χ0n) is 13.4. The molecule has 124 valence electrons. The first-order valence-corrected chi connectivity index (χ1v) is 7.89. The van der Waals surface area contributed by atoms with Gasteiger partial charge in [0.15, 0.2) is 11.5 Å². The number of fused-ring (bicyclic) bond motifs is 2. The van der Waals surface area contributed by atoms with Crippen LogP contribution in [-0.2, 0) is 0 Å². The lowest BCUT2D eigenvalue weighted by Crippen LogP contribution is -2.12. The molecule has 0 saturated heterocycles. The number of pyridine rings is 1. The van der Waals surface area contributed by atoms with Crippen molar-refractivity contribution in [3.05, 3.63) is 54.2 Å². The molecule has 6 nitrogen and oxygen atoms in total. The molecule has 0 atom stereocenters. The van der Waals surface area contributed by atoms with E-state index >= 15 is 0 Å². The van der Waals surface area contributed by atoms with E-state index in [-0.39, 0.29) is 6.79 Å². The summed E-state index contributed by atoms with van der Waals surface area (Å²) in [6, 6.07) is 15.4. The van der Waals surface area contributed by atoms with E-state index < -0.39 is 0 Å². The Hall–Kier alpha value is -3.46. The molecule has 1 aliphatic heterocycles. The maximum Gasteiger partial charge on any atom is 0.231 e. The van der Waals surface area contributed by atoms with E-state index in [0.29, 0.717) is 30.2 Å². The minimum Gasteiger partial charge on any atom is -0.492 e. The Morgan fingerprint density at radius 3 is 2.96 bits per heavy atom. The maximum absolute atomic E-state index is 9.32. The molecule has 1 aliphatic rings. The lowest BCUT2D eigenvalue weighted by atomic mass is 10.1. The first-order chi connectivity index (χ1) is 12.3. The summed E-state index contributed by atoms with van der Waals surface area (Å²) in [5, 5.41) is 13.5. The number of nitrogens with zero attached hydrogens (tertiary/aromatic N) is 2. The van der Waals surface area contributed by atoms with Crippen LogP contribution in [0, 0.1) is 11.3 Å². The van der Waals surface area contributed by atoms with Gasteiger partial charge in [-0.15, -0.1) is 0 Å². The van der Waals surface area contributed by atoms with Gasteiger partial charge < -0.3 is 19.5 Å². The quantitative estimate of drug-likeness (QED) is 0.722. The molecule has 2 aromatic carbocycles. The summed E-state index contributed by atoms with van der Waals surface area (Å²) in [5.41, 5.74) is 2.14. The molecule has 0 radical (unpaired) electrons. The molecule has 25 heavy (non-hydrogen) atoms. The Balaban J connectivity index is 1.43. The fraction of sp³-hybridized carbons (Fsp3) is 0.158. The minimum atomic E-state index is 0.242. The van der Waals surface area contributed by atoms with Gasteiger partial charge in [-0.25, -0.2) is 0 Å². The van der Waals surface area contributed by atoms with Gasteiger partial charge in [-0.1, -0.05) is 18.2 Å². The van der Waals surface area contributed by atoms with Crippen molar-refractivity contribution >= 4 is 16.6 Å². The Morgan fingerprint density at radius 2 is 2.04 bits per heavy atom. The van der Waals surface area contributed by atoms with Crippen LogP contribution < -0.4 is 19.5 Å². The molecule has 0 amide bonds. The minimum absolute atomic E-state index is 0.242. The van der Waals surface area contributed by atoms with Gasteiger partial charge in [0.25, 0.3) is 0 Å². The molecule has 1 aromatic heterocycles. The molecule has 3 aromatic rings. The molecule has 2 heterocycles. The van der Waals surface area contributed by atoms with E-state index in [1.807, 2.05) is 42.5 Å². The number of rotatable bonds is 5. The average Bonchev–Trinajstić information content (AvgIpc) is 3.13. The summed E-state index contributed by atoms with van der Waals surface area (Å²) in [7, 11) is 0. The van der Waals surface area contributed by atoms with E-state index in [9.17, 15) is 5.26 Å². The third-order valence-electron chi connectivity index (χ3n) is 3.91. The van der Waals surface area contributed by atoms with Gasteiger partial charge in [0, 0.05) is 24.2 Å². The van der Waals surface area contributed by atoms with E-state index in [4.69, 9.17) is 14.2 Å². The second kappa shape index (κ2) is 6.57. The van der Waals surface area contributed by atoms with Crippen molar-refractivity contribution in [3.63, 3.8) is 0 Å². The summed E-state index contributed by atoms with van der Waals surface area (Å²) in [4.78, 5) is 4.30. The maximum atomic E-state index is 9.32. The smallest absolute Gasteiger partial charge is 0.231 e. The number of nitrogens with one attached hydrogen (secondary N) is 1. The van der Waals surface area contributed by atoms with Gasteiger partial charge in [-0.05, 0) is 18.2 Å². The largest absolute Gasteiger partial charge is 0.492 e. The summed E-state index contributed by atoms with van der Waals surface area (Å²) >= 11 is 0. The lowest BCUT2D eigenvalue weighted by Gasteiger charge is -2.12. The van der Waals surface area contributed by atoms with Crippen molar-refractivity contribution in [1.29, 1.82) is 5.26 Å². The van der Waals surface area contributed by atoms with Gasteiger partial charge in [0.05, 0.1) is 16.8 Å². The number of ether oxygens (including phenoxy) is 3. The van der Waals surface area contributed by atoms with Gasteiger partial charge in [0.1, 0.15) is 18.4 Å². The van der Waals surface area contributed by atoms with Crippen molar-refractivity contribution in [1.82, 2.24) is 4.98 Å². The number of para-hydroxylation sites is 1. The van der Waals surface area contributed by atoms with Crippen LogP contribution in [0.15, 0.2) is 48.7 Å². The first kappa shape index (κ1) is 15.1. The fourth-order valence-corrected chi connectivity index (χ4v) is 2.73. The van der Waals surface area contributed by atoms with Crippen molar-refractivity contribution in [2.45, 2.75) is 0 Å². The molecule has 0 bridgehead atoms. The number of anilines is 1. The monoisotopic (exact) mass is 333 g/mol. The second-order valence-corrected chi connectivity index (χ2v) is 5.47. The number of nitriles is 1. The van der Waals surface area contributed by atoms with Crippen LogP contribution in [0.25, 0.3) is 10.9 Å². The van der Waals surface area contributed by atoms with Crippen LogP contribution in [0.2, 0.25) is 0 Å². The molecule has 4 rings (SSSR count). The van der Waals surface area contributed by atoms with E-state index in [0.717, 1.165) is 22.3 Å². The Morgan fingerprint density at radius 1 is 1.16 bits per heavy atom. The van der Waals surface area contributed by atoms with E-state index in [1.54, 1.807) is 6.20 Å². The molecular weight excluding hydrogens is 318 g/mol. The molecule has 0 spiro atoms. The van der Waals surface area contributed by atoms with Crippen LogP contribution in [0.5, 0.6) is 17.2 Å². The summed E-state index contributed by atoms with van der Waals surface area (Å²) in [5.74, 6) is 2.14. The SMILES string of the molecule is N#Cc1cnc2ccccc2c1NCCOc1ccc2c(c1)OCO2. The standard InChI is InChI=1S/C19H15N3O3/c20-10-13-11-22-16-4-2-1-3-15(16)19(13)21-7-8-23-14-5-6-17-18(9-14)25-12-24-17/h1-6,9,11H,7-8,12H2,(H,21,22). The third-order valence-corrected chi connectivity index (χ3v) is 3.91. The topological polar surface area (TPSA) is 76.4 Å². The molecule has 0 fully saturated rings. The van der Waals surface area contributed by atoms with Gasteiger partial charge in [0.2, 0.25) is 6.79 Å². The predicted molar refractivity (Wildman–Crippen MR) is 93.0 cm³/mol. The predicted octanol–water partition coefficient (Wildman–Crippen LogP) is 3.33. The fourth-order valence-electron chi connectivity index (χ4n) is 2.73. The number of benzene rings is 2. The number of hydrogen-bond donors (Lipinski definition) is 1.